The summed E-state index contributed by atoms with van der Waals surface area (Å²) in [5, 5.41) is 0. The summed E-state index contributed by atoms with van der Waals surface area (Å²) in [6.45, 7) is 0. The average Bonchev–Trinajstić information content (AvgIpc) is 3.30. The molecule has 2 aromatic rings. The van der Waals surface area contributed by atoms with E-state index in [1.54, 1.807) is 12.4 Å². The average molecular weight is 267 g/mol. The van der Waals surface area contributed by atoms with Crippen LogP contribution < -0.4 is 4.74 Å². The molecule has 0 atom stereocenters. The minimum Gasteiger partial charge on any atom is -0.490 e. The van der Waals surface area contributed by atoms with Crippen LogP contribution in [0.4, 0.5) is 0 Å². The number of hydrogen-bond donors (Lipinski definition) is 0. The Morgan fingerprint density at radius 2 is 2.15 bits per heavy atom. The molecule has 1 aromatic carbocycles. The van der Waals surface area contributed by atoms with Crippen molar-refractivity contribution in [3.05, 3.63) is 59.9 Å². The third kappa shape index (κ3) is 3.44. The van der Waals surface area contributed by atoms with Gasteiger partial charge in [0.2, 0.25) is 0 Å². The van der Waals surface area contributed by atoms with Crippen LogP contribution in [0.5, 0.6) is 5.75 Å². The number of aromatic nitrogens is 1. The first-order valence-electron chi connectivity index (χ1n) is 7.00. The summed E-state index contributed by atoms with van der Waals surface area (Å²) in [6, 6.07) is 11.4. The second-order valence-electron chi connectivity index (χ2n) is 5.13. The number of rotatable bonds is 6. The SMILES string of the molecule is O=C(CCc1cccnc1)c1cccc(OC2CC2)c1. The van der Waals surface area contributed by atoms with Crippen LogP contribution in [0.15, 0.2) is 48.8 Å². The molecule has 1 saturated carbocycles. The summed E-state index contributed by atoms with van der Waals surface area (Å²) in [5.74, 6) is 0.954. The number of carbonyl (C=O) groups excluding carboxylic acids is 1. The van der Waals surface area contributed by atoms with Crippen molar-refractivity contribution in [3.8, 4) is 5.75 Å². The van der Waals surface area contributed by atoms with Gasteiger partial charge in [0, 0.05) is 24.4 Å². The van der Waals surface area contributed by atoms with Crippen molar-refractivity contribution in [2.75, 3.05) is 0 Å². The van der Waals surface area contributed by atoms with Gasteiger partial charge in [-0.1, -0.05) is 18.2 Å². The predicted octanol–water partition coefficient (Wildman–Crippen LogP) is 3.44. The van der Waals surface area contributed by atoms with E-state index in [0.717, 1.165) is 36.1 Å². The van der Waals surface area contributed by atoms with E-state index in [2.05, 4.69) is 4.98 Å². The molecular formula is C17H17NO2. The Morgan fingerprint density at radius 3 is 2.90 bits per heavy atom. The van der Waals surface area contributed by atoms with Crippen molar-refractivity contribution in [1.82, 2.24) is 4.98 Å². The summed E-state index contributed by atoms with van der Waals surface area (Å²) >= 11 is 0. The van der Waals surface area contributed by atoms with Gasteiger partial charge in [-0.2, -0.15) is 0 Å². The number of hydrogen-bond acceptors (Lipinski definition) is 3. The molecular weight excluding hydrogens is 250 g/mol. The Hall–Kier alpha value is -2.16. The van der Waals surface area contributed by atoms with Crippen molar-refractivity contribution < 1.29 is 9.53 Å². The summed E-state index contributed by atoms with van der Waals surface area (Å²) in [5.41, 5.74) is 1.82. The monoisotopic (exact) mass is 267 g/mol. The second-order valence-corrected chi connectivity index (χ2v) is 5.13. The lowest BCUT2D eigenvalue weighted by molar-refractivity contribution is 0.0982. The van der Waals surface area contributed by atoms with Crippen LogP contribution in [0.25, 0.3) is 0 Å². The molecule has 1 heterocycles. The van der Waals surface area contributed by atoms with Gasteiger partial charge in [-0.25, -0.2) is 0 Å². The van der Waals surface area contributed by atoms with Crippen molar-refractivity contribution >= 4 is 5.78 Å². The van der Waals surface area contributed by atoms with E-state index in [-0.39, 0.29) is 5.78 Å². The molecule has 20 heavy (non-hydrogen) atoms. The first kappa shape index (κ1) is 12.9. The van der Waals surface area contributed by atoms with Crippen LogP contribution in [0, 0.1) is 0 Å². The molecule has 1 fully saturated rings. The fraction of sp³-hybridized carbons (Fsp3) is 0.294. The molecule has 0 amide bonds. The maximum atomic E-state index is 12.2. The fourth-order valence-corrected chi connectivity index (χ4v) is 2.07. The highest BCUT2D eigenvalue weighted by Gasteiger charge is 2.23. The van der Waals surface area contributed by atoms with Gasteiger partial charge < -0.3 is 4.74 Å². The van der Waals surface area contributed by atoms with Gasteiger partial charge >= 0.3 is 0 Å². The fourth-order valence-electron chi connectivity index (χ4n) is 2.07. The molecule has 0 spiro atoms. The topological polar surface area (TPSA) is 39.2 Å². The lowest BCUT2D eigenvalue weighted by Crippen LogP contribution is -2.03. The summed E-state index contributed by atoms with van der Waals surface area (Å²) in [4.78, 5) is 16.3. The number of benzene rings is 1. The van der Waals surface area contributed by atoms with Gasteiger partial charge in [0.05, 0.1) is 6.10 Å². The number of ether oxygens (including phenoxy) is 1. The molecule has 102 valence electrons. The lowest BCUT2D eigenvalue weighted by Gasteiger charge is -2.06. The second kappa shape index (κ2) is 5.87. The van der Waals surface area contributed by atoms with Crippen LogP contribution >= 0.6 is 0 Å². The Bertz CT molecular complexity index is 591. The van der Waals surface area contributed by atoms with E-state index in [4.69, 9.17) is 4.74 Å². The number of Topliss-reactive ketones (excluding diaryl/α,β-unsaturated/α-hetero) is 1. The van der Waals surface area contributed by atoms with Crippen LogP contribution in [0.2, 0.25) is 0 Å². The van der Waals surface area contributed by atoms with E-state index < -0.39 is 0 Å². The van der Waals surface area contributed by atoms with Crippen molar-refractivity contribution in [1.29, 1.82) is 0 Å². The van der Waals surface area contributed by atoms with Crippen molar-refractivity contribution in [3.63, 3.8) is 0 Å². The minimum absolute atomic E-state index is 0.148. The molecule has 3 rings (SSSR count). The van der Waals surface area contributed by atoms with Gasteiger partial charge in [0.1, 0.15) is 5.75 Å². The van der Waals surface area contributed by atoms with E-state index in [0.29, 0.717) is 12.5 Å². The van der Waals surface area contributed by atoms with Gasteiger partial charge in [0.15, 0.2) is 5.78 Å². The maximum Gasteiger partial charge on any atom is 0.163 e. The van der Waals surface area contributed by atoms with Crippen LogP contribution in [0.3, 0.4) is 0 Å². The number of nitrogens with zero attached hydrogens (tertiary/aromatic N) is 1. The van der Waals surface area contributed by atoms with Gasteiger partial charge in [0.25, 0.3) is 0 Å². The van der Waals surface area contributed by atoms with E-state index >= 15 is 0 Å². The predicted molar refractivity (Wildman–Crippen MR) is 77.0 cm³/mol. The minimum atomic E-state index is 0.148. The Labute approximate surface area is 118 Å². The first-order valence-corrected chi connectivity index (χ1v) is 7.00. The zero-order chi connectivity index (χ0) is 13.8. The van der Waals surface area contributed by atoms with Crippen LogP contribution in [-0.4, -0.2) is 16.9 Å². The molecule has 0 N–H and O–H groups in total. The Balaban J connectivity index is 1.61. The van der Waals surface area contributed by atoms with E-state index in [1.807, 2.05) is 36.4 Å². The number of pyridine rings is 1. The van der Waals surface area contributed by atoms with Gasteiger partial charge in [-0.05, 0) is 43.0 Å². The lowest BCUT2D eigenvalue weighted by atomic mass is 10.0. The normalized spacial score (nSPS) is 14.0. The standard InChI is InChI=1S/C17H17NO2/c19-17(9-6-13-3-2-10-18-12-13)14-4-1-5-16(11-14)20-15-7-8-15/h1-5,10-12,15H,6-9H2. The van der Waals surface area contributed by atoms with Crippen molar-refractivity contribution in [2.45, 2.75) is 31.8 Å². The number of ketones is 1. The molecule has 1 aliphatic carbocycles. The Morgan fingerprint density at radius 1 is 1.25 bits per heavy atom. The molecule has 3 heteroatoms. The molecule has 3 nitrogen and oxygen atoms in total. The zero-order valence-corrected chi connectivity index (χ0v) is 11.3. The van der Waals surface area contributed by atoms with Gasteiger partial charge in [-0.15, -0.1) is 0 Å². The largest absolute Gasteiger partial charge is 0.490 e. The molecule has 1 aromatic heterocycles. The molecule has 1 aliphatic rings. The summed E-state index contributed by atoms with van der Waals surface area (Å²) in [6.07, 6.45) is 7.37. The third-order valence-electron chi connectivity index (χ3n) is 3.35. The maximum absolute atomic E-state index is 12.2. The first-order chi connectivity index (χ1) is 9.81. The van der Waals surface area contributed by atoms with Crippen molar-refractivity contribution in [2.24, 2.45) is 0 Å². The summed E-state index contributed by atoms with van der Waals surface area (Å²) < 4.78 is 5.72. The number of aryl methyl sites for hydroxylation is 1. The van der Waals surface area contributed by atoms with E-state index in [1.165, 1.54) is 0 Å². The molecule has 0 bridgehead atoms. The van der Waals surface area contributed by atoms with Gasteiger partial charge in [-0.3, -0.25) is 9.78 Å². The highest BCUT2D eigenvalue weighted by atomic mass is 16.5. The molecule has 0 saturated heterocycles. The Kier molecular flexibility index (Phi) is 3.77. The highest BCUT2D eigenvalue weighted by molar-refractivity contribution is 5.96. The zero-order valence-electron chi connectivity index (χ0n) is 11.3. The third-order valence-corrected chi connectivity index (χ3v) is 3.35. The molecule has 0 aliphatic heterocycles. The number of carbonyl (C=O) groups is 1. The summed E-state index contributed by atoms with van der Waals surface area (Å²) in [7, 11) is 0. The smallest absolute Gasteiger partial charge is 0.163 e. The quantitative estimate of drug-likeness (QED) is 0.753. The molecule has 0 unspecified atom stereocenters. The van der Waals surface area contributed by atoms with Crippen LogP contribution in [0.1, 0.15) is 35.2 Å². The van der Waals surface area contributed by atoms with Crippen LogP contribution in [-0.2, 0) is 6.42 Å². The molecule has 0 radical (unpaired) electrons. The highest BCUT2D eigenvalue weighted by Crippen LogP contribution is 2.27. The van der Waals surface area contributed by atoms with E-state index in [9.17, 15) is 4.79 Å².